The van der Waals surface area contributed by atoms with Crippen LogP contribution in [0.25, 0.3) is 6.08 Å². The first kappa shape index (κ1) is 13.2. The van der Waals surface area contributed by atoms with Crippen molar-refractivity contribution in [2.24, 2.45) is 0 Å². The quantitative estimate of drug-likeness (QED) is 0.637. The van der Waals surface area contributed by atoms with Crippen LogP contribution in [0.5, 0.6) is 0 Å². The molecule has 0 saturated carbocycles. The second-order valence-corrected chi connectivity index (χ2v) is 5.76. The molecule has 20 heavy (non-hydrogen) atoms. The van der Waals surface area contributed by atoms with Crippen LogP contribution < -0.4 is 5.73 Å². The Morgan fingerprint density at radius 1 is 1.20 bits per heavy atom. The number of carbonyl (C=O) groups excluding carboxylic acids is 1. The predicted octanol–water partition coefficient (Wildman–Crippen LogP) is 1.80. The van der Waals surface area contributed by atoms with Crippen LogP contribution >= 0.6 is 0 Å². The fraction of sp³-hybridized carbons (Fsp3) is 0.438. The van der Waals surface area contributed by atoms with E-state index in [0.29, 0.717) is 0 Å². The van der Waals surface area contributed by atoms with Gasteiger partial charge in [0.2, 0.25) is 5.91 Å². The maximum atomic E-state index is 12.3. The average Bonchev–Trinajstić information content (AvgIpc) is 2.70. The Hall–Kier alpha value is -1.81. The van der Waals surface area contributed by atoms with E-state index >= 15 is 0 Å². The highest BCUT2D eigenvalue weighted by molar-refractivity contribution is 5.92. The van der Waals surface area contributed by atoms with Crippen LogP contribution in [0.4, 0.5) is 5.69 Å². The molecule has 2 atom stereocenters. The van der Waals surface area contributed by atoms with Gasteiger partial charge in [0.15, 0.2) is 0 Å². The zero-order valence-electron chi connectivity index (χ0n) is 11.4. The molecule has 2 unspecified atom stereocenters. The van der Waals surface area contributed by atoms with Gasteiger partial charge in [-0.05, 0) is 49.5 Å². The van der Waals surface area contributed by atoms with Crippen LogP contribution in [0.1, 0.15) is 31.2 Å². The summed E-state index contributed by atoms with van der Waals surface area (Å²) in [5.41, 5.74) is 7.32. The minimum absolute atomic E-state index is 0.0567. The van der Waals surface area contributed by atoms with E-state index in [0.717, 1.165) is 36.9 Å². The molecule has 2 saturated heterocycles. The first-order chi connectivity index (χ1) is 9.63. The van der Waals surface area contributed by atoms with Crippen LogP contribution in [0.2, 0.25) is 0 Å². The Kier molecular flexibility index (Phi) is 3.49. The molecular weight excluding hydrogens is 252 g/mol. The van der Waals surface area contributed by atoms with Crippen molar-refractivity contribution in [3.8, 4) is 0 Å². The number of aliphatic hydroxyl groups excluding tert-OH is 1. The maximum Gasteiger partial charge on any atom is 0.247 e. The van der Waals surface area contributed by atoms with E-state index < -0.39 is 0 Å². The molecule has 0 aromatic heterocycles. The van der Waals surface area contributed by atoms with E-state index in [1.807, 2.05) is 35.2 Å². The van der Waals surface area contributed by atoms with Gasteiger partial charge in [-0.15, -0.1) is 0 Å². The lowest BCUT2D eigenvalue weighted by Gasteiger charge is -2.36. The summed E-state index contributed by atoms with van der Waals surface area (Å²) in [6.45, 7) is 0. The Labute approximate surface area is 118 Å². The lowest BCUT2D eigenvalue weighted by Crippen LogP contribution is -2.47. The standard InChI is InChI=1S/C16H20N2O2/c17-12-4-1-11(2-5-12)3-8-16(20)18-13-6-7-14(18)10-15(19)9-13/h1-5,8,13-15,19H,6-7,9-10,17H2/b8-3+. The summed E-state index contributed by atoms with van der Waals surface area (Å²) in [4.78, 5) is 14.3. The maximum absolute atomic E-state index is 12.3. The number of nitrogens with two attached hydrogens (primary N) is 1. The zero-order chi connectivity index (χ0) is 14.1. The van der Waals surface area contributed by atoms with E-state index in [4.69, 9.17) is 5.73 Å². The number of carbonyl (C=O) groups is 1. The Morgan fingerprint density at radius 2 is 1.80 bits per heavy atom. The minimum atomic E-state index is -0.238. The highest BCUT2D eigenvalue weighted by Gasteiger charge is 2.41. The molecule has 1 aromatic rings. The van der Waals surface area contributed by atoms with Gasteiger partial charge in [-0.2, -0.15) is 0 Å². The van der Waals surface area contributed by atoms with Gasteiger partial charge in [0, 0.05) is 23.8 Å². The number of nitrogen functional groups attached to an aromatic ring is 1. The second-order valence-electron chi connectivity index (χ2n) is 5.76. The van der Waals surface area contributed by atoms with Crippen molar-refractivity contribution in [1.82, 2.24) is 4.90 Å². The molecule has 0 spiro atoms. The van der Waals surface area contributed by atoms with Gasteiger partial charge in [-0.3, -0.25) is 4.79 Å². The first-order valence-corrected chi connectivity index (χ1v) is 7.17. The number of nitrogens with zero attached hydrogens (tertiary/aromatic N) is 1. The number of fused-ring (bicyclic) bond motifs is 2. The molecule has 1 aromatic carbocycles. The molecule has 1 amide bonds. The smallest absolute Gasteiger partial charge is 0.247 e. The van der Waals surface area contributed by atoms with Gasteiger partial charge < -0.3 is 15.7 Å². The summed E-state index contributed by atoms with van der Waals surface area (Å²) in [6.07, 6.45) is 6.70. The summed E-state index contributed by atoms with van der Waals surface area (Å²) < 4.78 is 0. The molecule has 0 aliphatic carbocycles. The van der Waals surface area contributed by atoms with Crippen molar-refractivity contribution in [2.75, 3.05) is 5.73 Å². The summed E-state index contributed by atoms with van der Waals surface area (Å²) in [5, 5.41) is 9.76. The van der Waals surface area contributed by atoms with Crippen LogP contribution in [-0.4, -0.2) is 34.1 Å². The number of anilines is 1. The van der Waals surface area contributed by atoms with Gasteiger partial charge in [0.25, 0.3) is 0 Å². The topological polar surface area (TPSA) is 66.6 Å². The van der Waals surface area contributed by atoms with Gasteiger partial charge in [0.05, 0.1) is 6.10 Å². The number of aliphatic hydroxyl groups is 1. The van der Waals surface area contributed by atoms with Crippen molar-refractivity contribution in [3.63, 3.8) is 0 Å². The Bertz CT molecular complexity index is 510. The molecule has 0 radical (unpaired) electrons. The molecule has 3 rings (SSSR count). The fourth-order valence-electron chi connectivity index (χ4n) is 3.37. The number of benzene rings is 1. The van der Waals surface area contributed by atoms with Crippen LogP contribution in [0.3, 0.4) is 0 Å². The van der Waals surface area contributed by atoms with Crippen molar-refractivity contribution < 1.29 is 9.90 Å². The summed E-state index contributed by atoms with van der Waals surface area (Å²) >= 11 is 0. The van der Waals surface area contributed by atoms with Gasteiger partial charge in [-0.25, -0.2) is 0 Å². The number of rotatable bonds is 2. The van der Waals surface area contributed by atoms with Gasteiger partial charge in [0.1, 0.15) is 0 Å². The van der Waals surface area contributed by atoms with Crippen LogP contribution in [0.15, 0.2) is 30.3 Å². The monoisotopic (exact) mass is 272 g/mol. The average molecular weight is 272 g/mol. The minimum Gasteiger partial charge on any atom is -0.399 e. The van der Waals surface area contributed by atoms with Crippen LogP contribution in [-0.2, 0) is 4.79 Å². The van der Waals surface area contributed by atoms with Crippen molar-refractivity contribution in [3.05, 3.63) is 35.9 Å². The molecule has 2 heterocycles. The van der Waals surface area contributed by atoms with Crippen LogP contribution in [0, 0.1) is 0 Å². The van der Waals surface area contributed by atoms with E-state index in [1.165, 1.54) is 0 Å². The Balaban J connectivity index is 1.69. The van der Waals surface area contributed by atoms with Crippen molar-refractivity contribution >= 4 is 17.7 Å². The predicted molar refractivity (Wildman–Crippen MR) is 78.8 cm³/mol. The number of piperidine rings is 1. The molecule has 2 aliphatic heterocycles. The molecule has 2 fully saturated rings. The molecule has 2 bridgehead atoms. The van der Waals surface area contributed by atoms with Crippen molar-refractivity contribution in [2.45, 2.75) is 43.9 Å². The van der Waals surface area contributed by atoms with E-state index in [1.54, 1.807) is 6.08 Å². The van der Waals surface area contributed by atoms with E-state index in [-0.39, 0.29) is 24.1 Å². The molecular formula is C16H20N2O2. The fourth-order valence-corrected chi connectivity index (χ4v) is 3.37. The number of hydrogen-bond donors (Lipinski definition) is 2. The highest BCUT2D eigenvalue weighted by atomic mass is 16.3. The summed E-state index contributed by atoms with van der Waals surface area (Å²) in [5.74, 6) is 0.0567. The summed E-state index contributed by atoms with van der Waals surface area (Å²) in [7, 11) is 0. The first-order valence-electron chi connectivity index (χ1n) is 7.17. The number of hydrogen-bond acceptors (Lipinski definition) is 3. The third-order valence-electron chi connectivity index (χ3n) is 4.32. The molecule has 2 aliphatic rings. The molecule has 3 N–H and O–H groups in total. The largest absolute Gasteiger partial charge is 0.399 e. The third-order valence-corrected chi connectivity index (χ3v) is 4.32. The van der Waals surface area contributed by atoms with Gasteiger partial charge in [-0.1, -0.05) is 12.1 Å². The zero-order valence-corrected chi connectivity index (χ0v) is 11.4. The van der Waals surface area contributed by atoms with Gasteiger partial charge >= 0.3 is 0 Å². The lowest BCUT2D eigenvalue weighted by molar-refractivity contribution is -0.131. The normalized spacial score (nSPS) is 29.1. The number of amides is 1. The summed E-state index contributed by atoms with van der Waals surface area (Å²) in [6, 6.07) is 7.87. The van der Waals surface area contributed by atoms with Crippen molar-refractivity contribution in [1.29, 1.82) is 0 Å². The highest BCUT2D eigenvalue weighted by Crippen LogP contribution is 2.35. The van der Waals surface area contributed by atoms with E-state index in [2.05, 4.69) is 0 Å². The second kappa shape index (κ2) is 5.29. The molecule has 4 heteroatoms. The SMILES string of the molecule is Nc1ccc(/C=C/C(=O)N2C3CCC2CC(O)C3)cc1. The molecule has 4 nitrogen and oxygen atoms in total. The third kappa shape index (κ3) is 2.56. The lowest BCUT2D eigenvalue weighted by atomic mass is 10.00. The Morgan fingerprint density at radius 3 is 2.40 bits per heavy atom. The molecule has 106 valence electrons. The van der Waals surface area contributed by atoms with E-state index in [9.17, 15) is 9.90 Å².